The van der Waals surface area contributed by atoms with Gasteiger partial charge < -0.3 is 15.2 Å². The van der Waals surface area contributed by atoms with Gasteiger partial charge in [-0.15, -0.1) is 0 Å². The van der Waals surface area contributed by atoms with Crippen LogP contribution in [0.1, 0.15) is 18.9 Å². The van der Waals surface area contributed by atoms with E-state index in [0.29, 0.717) is 28.6 Å². The van der Waals surface area contributed by atoms with E-state index in [0.717, 1.165) is 6.42 Å². The number of benzene rings is 2. The van der Waals surface area contributed by atoms with E-state index >= 15 is 0 Å². The molecule has 0 aromatic heterocycles. The van der Waals surface area contributed by atoms with E-state index in [2.05, 4.69) is 5.32 Å². The Morgan fingerprint density at radius 1 is 1.29 bits per heavy atom. The van der Waals surface area contributed by atoms with Crippen LogP contribution in [0.2, 0.25) is 5.02 Å². The van der Waals surface area contributed by atoms with Crippen LogP contribution < -0.4 is 10.1 Å². The number of para-hydroxylation sites is 1. The maximum absolute atomic E-state index is 13.3. The molecule has 2 aromatic rings. The normalized spacial score (nSPS) is 10.4. The van der Waals surface area contributed by atoms with E-state index < -0.39 is 5.82 Å². The molecule has 0 saturated heterocycles. The van der Waals surface area contributed by atoms with Crippen molar-refractivity contribution in [3.8, 4) is 11.5 Å². The van der Waals surface area contributed by atoms with E-state index in [1.165, 1.54) is 6.07 Å². The Hall–Kier alpha value is -1.94. The summed E-state index contributed by atoms with van der Waals surface area (Å²) in [6.07, 6.45) is 0.896. The number of hydrogen-bond acceptors (Lipinski definition) is 3. The molecule has 0 unspecified atom stereocenters. The van der Waals surface area contributed by atoms with Gasteiger partial charge in [-0.3, -0.25) is 0 Å². The summed E-state index contributed by atoms with van der Waals surface area (Å²) in [5, 5.41) is 13.4. The zero-order valence-corrected chi connectivity index (χ0v) is 12.5. The van der Waals surface area contributed by atoms with Crippen molar-refractivity contribution in [1.29, 1.82) is 0 Å². The highest BCUT2D eigenvalue weighted by atomic mass is 35.5. The quantitative estimate of drug-likeness (QED) is 0.820. The average molecular weight is 310 g/mol. The highest BCUT2D eigenvalue weighted by Gasteiger charge is 2.09. The Kier molecular flexibility index (Phi) is 5.28. The lowest BCUT2D eigenvalue weighted by Crippen LogP contribution is -2.04. The molecule has 21 heavy (non-hydrogen) atoms. The van der Waals surface area contributed by atoms with Crippen molar-refractivity contribution in [3.63, 3.8) is 0 Å². The fraction of sp³-hybridized carbons (Fsp3) is 0.250. The summed E-state index contributed by atoms with van der Waals surface area (Å²) in [4.78, 5) is 0. The number of hydrogen-bond donors (Lipinski definition) is 2. The molecule has 0 amide bonds. The number of ether oxygens (including phenoxy) is 1. The summed E-state index contributed by atoms with van der Waals surface area (Å²) in [6.45, 7) is 2.89. The van der Waals surface area contributed by atoms with Crippen LogP contribution in [0.3, 0.4) is 0 Å². The second kappa shape index (κ2) is 7.18. The largest absolute Gasteiger partial charge is 0.505 e. The first-order chi connectivity index (χ1) is 10.1. The SMILES string of the molecule is CCCOc1ccc(Cl)cc1NCc1cccc(F)c1O. The Morgan fingerprint density at radius 2 is 2.10 bits per heavy atom. The third kappa shape index (κ3) is 4.02. The van der Waals surface area contributed by atoms with Gasteiger partial charge in [-0.05, 0) is 30.7 Å². The Bertz CT molecular complexity index is 619. The second-order valence-corrected chi connectivity index (χ2v) is 5.03. The van der Waals surface area contributed by atoms with Gasteiger partial charge in [0, 0.05) is 17.1 Å². The number of nitrogens with one attached hydrogen (secondary N) is 1. The Balaban J connectivity index is 2.15. The molecule has 2 rings (SSSR count). The topological polar surface area (TPSA) is 41.5 Å². The zero-order valence-electron chi connectivity index (χ0n) is 11.7. The Labute approximate surface area is 128 Å². The first-order valence-electron chi connectivity index (χ1n) is 6.74. The molecule has 0 heterocycles. The minimum Gasteiger partial charge on any atom is -0.505 e. The van der Waals surface area contributed by atoms with Gasteiger partial charge in [0.1, 0.15) is 5.75 Å². The molecular weight excluding hydrogens is 293 g/mol. The summed E-state index contributed by atoms with van der Waals surface area (Å²) in [7, 11) is 0. The highest BCUT2D eigenvalue weighted by Crippen LogP contribution is 2.30. The molecule has 2 N–H and O–H groups in total. The van der Waals surface area contributed by atoms with Crippen molar-refractivity contribution in [2.24, 2.45) is 0 Å². The summed E-state index contributed by atoms with van der Waals surface area (Å²) in [6, 6.07) is 9.70. The minimum absolute atomic E-state index is 0.270. The Morgan fingerprint density at radius 3 is 2.86 bits per heavy atom. The van der Waals surface area contributed by atoms with E-state index in [1.54, 1.807) is 30.3 Å². The summed E-state index contributed by atoms with van der Waals surface area (Å²) < 4.78 is 18.9. The maximum atomic E-state index is 13.3. The summed E-state index contributed by atoms with van der Waals surface area (Å²) in [5.74, 6) is -0.303. The van der Waals surface area contributed by atoms with Crippen molar-refractivity contribution in [1.82, 2.24) is 0 Å². The average Bonchev–Trinajstić information content (AvgIpc) is 2.48. The zero-order chi connectivity index (χ0) is 15.2. The first-order valence-corrected chi connectivity index (χ1v) is 7.12. The van der Waals surface area contributed by atoms with Gasteiger partial charge >= 0.3 is 0 Å². The van der Waals surface area contributed by atoms with Gasteiger partial charge in [0.2, 0.25) is 0 Å². The molecule has 0 aliphatic heterocycles. The molecule has 2 aromatic carbocycles. The molecule has 0 atom stereocenters. The van der Waals surface area contributed by atoms with Crippen LogP contribution in [0, 0.1) is 5.82 Å². The molecular formula is C16H17ClFNO2. The molecule has 0 radical (unpaired) electrons. The van der Waals surface area contributed by atoms with Crippen molar-refractivity contribution in [3.05, 3.63) is 52.8 Å². The van der Waals surface area contributed by atoms with Gasteiger partial charge in [-0.2, -0.15) is 0 Å². The van der Waals surface area contributed by atoms with Crippen LogP contribution in [-0.4, -0.2) is 11.7 Å². The van der Waals surface area contributed by atoms with Crippen molar-refractivity contribution >= 4 is 17.3 Å². The molecule has 0 spiro atoms. The molecule has 0 bridgehead atoms. The van der Waals surface area contributed by atoms with Crippen molar-refractivity contribution in [2.45, 2.75) is 19.9 Å². The lowest BCUT2D eigenvalue weighted by molar-refractivity contribution is 0.319. The third-order valence-corrected chi connectivity index (χ3v) is 3.18. The number of aromatic hydroxyl groups is 1. The predicted octanol–water partition coefficient (Wildman–Crippen LogP) is 4.59. The lowest BCUT2D eigenvalue weighted by Gasteiger charge is -2.14. The van der Waals surface area contributed by atoms with Gasteiger partial charge in [0.15, 0.2) is 11.6 Å². The minimum atomic E-state index is -0.636. The van der Waals surface area contributed by atoms with Crippen molar-refractivity contribution < 1.29 is 14.2 Å². The molecule has 0 aliphatic carbocycles. The number of phenolic OH excluding ortho intramolecular Hbond substituents is 1. The van der Waals surface area contributed by atoms with Gasteiger partial charge in [-0.1, -0.05) is 30.7 Å². The maximum Gasteiger partial charge on any atom is 0.165 e. The summed E-state index contributed by atoms with van der Waals surface area (Å²) >= 11 is 5.98. The van der Waals surface area contributed by atoms with E-state index in [-0.39, 0.29) is 12.3 Å². The molecule has 112 valence electrons. The monoisotopic (exact) mass is 309 g/mol. The molecule has 5 heteroatoms. The second-order valence-electron chi connectivity index (χ2n) is 4.59. The van der Waals surface area contributed by atoms with Gasteiger partial charge in [-0.25, -0.2) is 4.39 Å². The van der Waals surface area contributed by atoms with Crippen LogP contribution in [0.15, 0.2) is 36.4 Å². The van der Waals surface area contributed by atoms with E-state index in [4.69, 9.17) is 16.3 Å². The molecule has 3 nitrogen and oxygen atoms in total. The van der Waals surface area contributed by atoms with Crippen LogP contribution in [0.25, 0.3) is 0 Å². The third-order valence-electron chi connectivity index (χ3n) is 2.94. The van der Waals surface area contributed by atoms with Crippen LogP contribution in [0.5, 0.6) is 11.5 Å². The molecule has 0 saturated carbocycles. The number of halogens is 2. The number of anilines is 1. The summed E-state index contributed by atoms with van der Waals surface area (Å²) in [5.41, 5.74) is 1.18. The highest BCUT2D eigenvalue weighted by molar-refractivity contribution is 6.30. The first kappa shape index (κ1) is 15.4. The van der Waals surface area contributed by atoms with E-state index in [9.17, 15) is 9.50 Å². The van der Waals surface area contributed by atoms with Gasteiger partial charge in [0.05, 0.1) is 12.3 Å². The number of phenols is 1. The number of rotatable bonds is 6. The van der Waals surface area contributed by atoms with Crippen LogP contribution in [0.4, 0.5) is 10.1 Å². The predicted molar refractivity (Wildman–Crippen MR) is 82.6 cm³/mol. The van der Waals surface area contributed by atoms with Crippen LogP contribution >= 0.6 is 11.6 Å². The van der Waals surface area contributed by atoms with Gasteiger partial charge in [0.25, 0.3) is 0 Å². The standard InChI is InChI=1S/C16H17ClFNO2/c1-2-8-21-15-7-6-12(17)9-14(15)19-10-11-4-3-5-13(18)16(11)20/h3-7,9,19-20H,2,8,10H2,1H3. The van der Waals surface area contributed by atoms with Crippen molar-refractivity contribution in [2.75, 3.05) is 11.9 Å². The lowest BCUT2D eigenvalue weighted by atomic mass is 10.2. The van der Waals surface area contributed by atoms with E-state index in [1.807, 2.05) is 6.92 Å². The molecule has 0 fully saturated rings. The van der Waals surface area contributed by atoms with Crippen LogP contribution in [-0.2, 0) is 6.54 Å². The fourth-order valence-electron chi connectivity index (χ4n) is 1.87. The fourth-order valence-corrected chi connectivity index (χ4v) is 2.04. The smallest absolute Gasteiger partial charge is 0.165 e. The molecule has 0 aliphatic rings.